The van der Waals surface area contributed by atoms with Crippen LogP contribution in [0.4, 0.5) is 11.4 Å². The van der Waals surface area contributed by atoms with Gasteiger partial charge in [0.2, 0.25) is 0 Å². The van der Waals surface area contributed by atoms with Crippen LogP contribution in [0.2, 0.25) is 0 Å². The van der Waals surface area contributed by atoms with Gasteiger partial charge in [0.25, 0.3) is 0 Å². The first-order valence-electron chi connectivity index (χ1n) is 6.83. The topological polar surface area (TPSA) is 29.3 Å². The molecule has 0 heterocycles. The van der Waals surface area contributed by atoms with Crippen LogP contribution in [-0.2, 0) is 0 Å². The summed E-state index contributed by atoms with van der Waals surface area (Å²) < 4.78 is 0. The minimum atomic E-state index is 0.715. The zero-order chi connectivity index (χ0) is 12.3. The van der Waals surface area contributed by atoms with Crippen molar-refractivity contribution in [2.45, 2.75) is 45.6 Å². The Hall–Kier alpha value is -1.18. The van der Waals surface area contributed by atoms with Gasteiger partial charge in [0.1, 0.15) is 0 Å². The van der Waals surface area contributed by atoms with Gasteiger partial charge in [-0.15, -0.1) is 0 Å². The molecule has 2 atom stereocenters. The molecule has 2 N–H and O–H groups in total. The molecule has 1 aliphatic rings. The molecular formula is C15H24N2. The van der Waals surface area contributed by atoms with Crippen LogP contribution in [-0.4, -0.2) is 12.6 Å². The number of anilines is 2. The van der Waals surface area contributed by atoms with Gasteiger partial charge in [-0.25, -0.2) is 0 Å². The first-order chi connectivity index (χ1) is 8.20. The minimum absolute atomic E-state index is 0.715. The summed E-state index contributed by atoms with van der Waals surface area (Å²) in [5.74, 6) is 0.872. The quantitative estimate of drug-likeness (QED) is 0.806. The Kier molecular flexibility index (Phi) is 3.93. The van der Waals surface area contributed by atoms with Crippen molar-refractivity contribution in [1.82, 2.24) is 0 Å². The Bertz CT molecular complexity index is 344. The van der Waals surface area contributed by atoms with Crippen molar-refractivity contribution < 1.29 is 0 Å². The standard InChI is InChI=1S/C15H24N2/c1-3-17(14-9-7-13(16)8-10-14)15-6-4-5-12(2)11-15/h7-10,12,15H,3-6,11,16H2,1-2H3. The van der Waals surface area contributed by atoms with Crippen LogP contribution in [0.5, 0.6) is 0 Å². The summed E-state index contributed by atoms with van der Waals surface area (Å²) >= 11 is 0. The Morgan fingerprint density at radius 1 is 1.24 bits per heavy atom. The number of hydrogen-bond acceptors (Lipinski definition) is 2. The molecule has 94 valence electrons. The summed E-state index contributed by atoms with van der Waals surface area (Å²) in [6.07, 6.45) is 5.44. The average molecular weight is 232 g/mol. The predicted octanol–water partition coefficient (Wildman–Crippen LogP) is 3.67. The van der Waals surface area contributed by atoms with Crippen LogP contribution in [0, 0.1) is 5.92 Å². The van der Waals surface area contributed by atoms with Crippen molar-refractivity contribution in [2.75, 3.05) is 17.2 Å². The molecule has 2 rings (SSSR count). The van der Waals surface area contributed by atoms with E-state index in [1.54, 1.807) is 0 Å². The molecule has 1 aliphatic carbocycles. The number of nitrogens with zero attached hydrogens (tertiary/aromatic N) is 1. The second kappa shape index (κ2) is 5.44. The van der Waals surface area contributed by atoms with Crippen molar-refractivity contribution in [3.8, 4) is 0 Å². The van der Waals surface area contributed by atoms with E-state index in [4.69, 9.17) is 5.73 Å². The molecule has 2 unspecified atom stereocenters. The minimum Gasteiger partial charge on any atom is -0.399 e. The number of nitrogens with two attached hydrogens (primary N) is 1. The van der Waals surface area contributed by atoms with Gasteiger partial charge in [-0.1, -0.05) is 19.8 Å². The molecule has 0 radical (unpaired) electrons. The van der Waals surface area contributed by atoms with Crippen LogP contribution < -0.4 is 10.6 Å². The van der Waals surface area contributed by atoms with Crippen LogP contribution in [0.25, 0.3) is 0 Å². The molecule has 1 saturated carbocycles. The van der Waals surface area contributed by atoms with Crippen molar-refractivity contribution in [1.29, 1.82) is 0 Å². The number of benzene rings is 1. The van der Waals surface area contributed by atoms with Gasteiger partial charge in [-0.05, 0) is 49.9 Å². The van der Waals surface area contributed by atoms with E-state index in [1.165, 1.54) is 31.4 Å². The fraction of sp³-hybridized carbons (Fsp3) is 0.600. The molecule has 0 aliphatic heterocycles. The van der Waals surface area contributed by atoms with Gasteiger partial charge < -0.3 is 10.6 Å². The summed E-state index contributed by atoms with van der Waals surface area (Å²) in [6, 6.07) is 9.03. The predicted molar refractivity (Wildman–Crippen MR) is 75.3 cm³/mol. The molecule has 0 amide bonds. The van der Waals surface area contributed by atoms with Crippen molar-refractivity contribution in [3.05, 3.63) is 24.3 Å². The molecule has 2 heteroatoms. The summed E-state index contributed by atoms with van der Waals surface area (Å²) in [6.45, 7) is 5.71. The summed E-state index contributed by atoms with van der Waals surface area (Å²) in [7, 11) is 0. The number of rotatable bonds is 3. The summed E-state index contributed by atoms with van der Waals surface area (Å²) in [4.78, 5) is 2.54. The van der Waals surface area contributed by atoms with E-state index in [9.17, 15) is 0 Å². The highest BCUT2D eigenvalue weighted by atomic mass is 15.2. The SMILES string of the molecule is CCN(c1ccc(N)cc1)C1CCCC(C)C1. The van der Waals surface area contributed by atoms with E-state index in [0.29, 0.717) is 6.04 Å². The molecule has 1 fully saturated rings. The lowest BCUT2D eigenvalue weighted by molar-refractivity contribution is 0.331. The zero-order valence-electron chi connectivity index (χ0n) is 11.0. The summed E-state index contributed by atoms with van der Waals surface area (Å²) in [5, 5.41) is 0. The molecule has 0 saturated heterocycles. The molecule has 1 aromatic rings. The van der Waals surface area contributed by atoms with Gasteiger partial charge in [-0.3, -0.25) is 0 Å². The monoisotopic (exact) mass is 232 g/mol. The molecule has 0 spiro atoms. The van der Waals surface area contributed by atoms with Crippen molar-refractivity contribution in [2.24, 2.45) is 5.92 Å². The molecule has 2 nitrogen and oxygen atoms in total. The lowest BCUT2D eigenvalue weighted by atomic mass is 9.86. The Labute approximate surface area is 105 Å². The van der Waals surface area contributed by atoms with Crippen molar-refractivity contribution in [3.63, 3.8) is 0 Å². The maximum atomic E-state index is 5.75. The average Bonchev–Trinajstić information content (AvgIpc) is 2.33. The van der Waals surface area contributed by atoms with E-state index in [1.807, 2.05) is 12.1 Å². The fourth-order valence-electron chi connectivity index (χ4n) is 3.00. The van der Waals surface area contributed by atoms with E-state index < -0.39 is 0 Å². The van der Waals surface area contributed by atoms with E-state index >= 15 is 0 Å². The molecule has 0 aromatic heterocycles. The lowest BCUT2D eigenvalue weighted by Crippen LogP contribution is -2.38. The van der Waals surface area contributed by atoms with Crippen molar-refractivity contribution >= 4 is 11.4 Å². The van der Waals surface area contributed by atoms with Gasteiger partial charge in [-0.2, -0.15) is 0 Å². The third-order valence-electron chi connectivity index (χ3n) is 3.91. The number of hydrogen-bond donors (Lipinski definition) is 1. The molecular weight excluding hydrogens is 208 g/mol. The Morgan fingerprint density at radius 2 is 1.94 bits per heavy atom. The highest BCUT2D eigenvalue weighted by Gasteiger charge is 2.23. The van der Waals surface area contributed by atoms with Crippen LogP contribution in [0.1, 0.15) is 39.5 Å². The largest absolute Gasteiger partial charge is 0.399 e. The highest BCUT2D eigenvalue weighted by molar-refractivity contribution is 5.53. The van der Waals surface area contributed by atoms with Gasteiger partial charge in [0.15, 0.2) is 0 Å². The maximum absolute atomic E-state index is 5.75. The second-order valence-corrected chi connectivity index (χ2v) is 5.30. The summed E-state index contributed by atoms with van der Waals surface area (Å²) in [5.41, 5.74) is 7.92. The number of nitrogen functional groups attached to an aromatic ring is 1. The normalized spacial score (nSPS) is 24.6. The lowest BCUT2D eigenvalue weighted by Gasteiger charge is -2.37. The first-order valence-corrected chi connectivity index (χ1v) is 6.83. The molecule has 17 heavy (non-hydrogen) atoms. The third-order valence-corrected chi connectivity index (χ3v) is 3.91. The smallest absolute Gasteiger partial charge is 0.0370 e. The van der Waals surface area contributed by atoms with Gasteiger partial charge in [0.05, 0.1) is 0 Å². The van der Waals surface area contributed by atoms with E-state index in [2.05, 4.69) is 30.9 Å². The van der Waals surface area contributed by atoms with Crippen LogP contribution in [0.15, 0.2) is 24.3 Å². The maximum Gasteiger partial charge on any atom is 0.0370 e. The van der Waals surface area contributed by atoms with Gasteiger partial charge >= 0.3 is 0 Å². The first kappa shape index (κ1) is 12.3. The van der Waals surface area contributed by atoms with Gasteiger partial charge in [0, 0.05) is 24.0 Å². The van der Waals surface area contributed by atoms with E-state index in [0.717, 1.165) is 18.2 Å². The third kappa shape index (κ3) is 2.93. The molecule has 0 bridgehead atoms. The zero-order valence-corrected chi connectivity index (χ0v) is 11.0. The molecule has 1 aromatic carbocycles. The highest BCUT2D eigenvalue weighted by Crippen LogP contribution is 2.30. The van der Waals surface area contributed by atoms with Crippen LogP contribution in [0.3, 0.4) is 0 Å². The fourth-order valence-corrected chi connectivity index (χ4v) is 3.00. The Morgan fingerprint density at radius 3 is 2.53 bits per heavy atom. The second-order valence-electron chi connectivity index (χ2n) is 5.30. The van der Waals surface area contributed by atoms with Crippen LogP contribution >= 0.6 is 0 Å². The Balaban J connectivity index is 2.12. The van der Waals surface area contributed by atoms with E-state index in [-0.39, 0.29) is 0 Å².